The van der Waals surface area contributed by atoms with Gasteiger partial charge in [0.2, 0.25) is 0 Å². The van der Waals surface area contributed by atoms with Crippen molar-refractivity contribution >= 4 is 5.91 Å². The lowest BCUT2D eigenvalue weighted by molar-refractivity contribution is -0.0512. The minimum Gasteiger partial charge on any atom is -0.493 e. The fraction of sp³-hybridized carbons (Fsp3) is 0.500. The molecule has 1 atom stereocenters. The van der Waals surface area contributed by atoms with E-state index in [0.717, 1.165) is 6.42 Å². The minimum absolute atomic E-state index is 0.145. The Kier molecular flexibility index (Phi) is 4.95. The number of hydrogen-bond donors (Lipinski definition) is 1. The molecule has 0 radical (unpaired) electrons. The Morgan fingerprint density at radius 1 is 1.48 bits per heavy atom. The Morgan fingerprint density at radius 2 is 2.24 bits per heavy atom. The van der Waals surface area contributed by atoms with E-state index in [0.29, 0.717) is 31.1 Å². The molecule has 1 amide bonds. The van der Waals surface area contributed by atoms with Gasteiger partial charge in [0.05, 0.1) is 7.11 Å². The summed E-state index contributed by atoms with van der Waals surface area (Å²) in [4.78, 5) is 14.0. The van der Waals surface area contributed by atoms with Gasteiger partial charge in [-0.25, -0.2) is 0 Å². The van der Waals surface area contributed by atoms with E-state index in [2.05, 4.69) is 4.74 Å². The van der Waals surface area contributed by atoms with Crippen LogP contribution >= 0.6 is 0 Å². The molecular formula is C14H18F2N2O3. The first-order valence-corrected chi connectivity index (χ1v) is 6.67. The number of nitrogens with zero attached hydrogens (tertiary/aromatic N) is 1. The van der Waals surface area contributed by atoms with Crippen LogP contribution in [-0.4, -0.2) is 44.2 Å². The van der Waals surface area contributed by atoms with Crippen LogP contribution in [-0.2, 0) is 0 Å². The Balaban J connectivity index is 2.17. The number of halogens is 2. The summed E-state index contributed by atoms with van der Waals surface area (Å²) < 4.78 is 34.1. The lowest BCUT2D eigenvalue weighted by atomic mass is 10.1. The molecule has 1 aromatic rings. The first-order valence-electron chi connectivity index (χ1n) is 6.67. The topological polar surface area (TPSA) is 64.8 Å². The monoisotopic (exact) mass is 300 g/mol. The van der Waals surface area contributed by atoms with E-state index in [1.807, 2.05) is 0 Å². The van der Waals surface area contributed by atoms with Crippen molar-refractivity contribution in [1.82, 2.24) is 4.90 Å². The molecule has 5 nitrogen and oxygen atoms in total. The Bertz CT molecular complexity index is 511. The van der Waals surface area contributed by atoms with Crippen LogP contribution in [0.1, 0.15) is 16.8 Å². The minimum atomic E-state index is -2.97. The first-order chi connectivity index (χ1) is 10.0. The number of methoxy groups -OCH3 is 1. The summed E-state index contributed by atoms with van der Waals surface area (Å²) in [5.74, 6) is 0.0951. The van der Waals surface area contributed by atoms with Gasteiger partial charge in [0.25, 0.3) is 5.91 Å². The van der Waals surface area contributed by atoms with Crippen LogP contribution in [0, 0.1) is 5.92 Å². The Morgan fingerprint density at radius 3 is 2.81 bits per heavy atom. The third kappa shape index (κ3) is 3.60. The van der Waals surface area contributed by atoms with Gasteiger partial charge in [-0.15, -0.1) is 0 Å². The van der Waals surface area contributed by atoms with E-state index in [-0.39, 0.29) is 17.4 Å². The van der Waals surface area contributed by atoms with Crippen molar-refractivity contribution in [2.45, 2.75) is 13.0 Å². The molecule has 21 heavy (non-hydrogen) atoms. The van der Waals surface area contributed by atoms with Gasteiger partial charge in [-0.3, -0.25) is 4.79 Å². The maximum atomic E-state index is 12.4. The van der Waals surface area contributed by atoms with Gasteiger partial charge in [-0.2, -0.15) is 8.78 Å². The summed E-state index contributed by atoms with van der Waals surface area (Å²) >= 11 is 0. The zero-order valence-corrected chi connectivity index (χ0v) is 11.7. The zero-order valence-electron chi connectivity index (χ0n) is 11.7. The second kappa shape index (κ2) is 6.71. The molecule has 1 unspecified atom stereocenters. The largest absolute Gasteiger partial charge is 0.493 e. The Hall–Kier alpha value is -1.89. The summed E-state index contributed by atoms with van der Waals surface area (Å²) in [6, 6.07) is 4.26. The van der Waals surface area contributed by atoms with Crippen LogP contribution in [0.15, 0.2) is 18.2 Å². The van der Waals surface area contributed by atoms with Crippen molar-refractivity contribution in [3.8, 4) is 11.5 Å². The molecule has 2 N–H and O–H groups in total. The predicted molar refractivity (Wildman–Crippen MR) is 72.7 cm³/mol. The van der Waals surface area contributed by atoms with Crippen molar-refractivity contribution < 1.29 is 23.0 Å². The summed E-state index contributed by atoms with van der Waals surface area (Å²) in [5, 5.41) is 0. The van der Waals surface area contributed by atoms with Crippen LogP contribution in [0.2, 0.25) is 0 Å². The SMILES string of the molecule is COc1ccc(C(=O)N2CCC(CN)C2)cc1OC(F)F. The van der Waals surface area contributed by atoms with Crippen molar-refractivity contribution in [2.75, 3.05) is 26.7 Å². The molecule has 7 heteroatoms. The maximum Gasteiger partial charge on any atom is 0.387 e. The molecule has 1 aliphatic rings. The molecule has 0 aromatic heterocycles. The Labute approximate surface area is 121 Å². The van der Waals surface area contributed by atoms with E-state index in [4.69, 9.17) is 10.5 Å². The molecule has 2 rings (SSSR count). The fourth-order valence-electron chi connectivity index (χ4n) is 2.39. The summed E-state index contributed by atoms with van der Waals surface area (Å²) in [6.45, 7) is -1.23. The number of benzene rings is 1. The molecule has 1 aromatic carbocycles. The average Bonchev–Trinajstić information content (AvgIpc) is 2.94. The van der Waals surface area contributed by atoms with Gasteiger partial charge < -0.3 is 20.1 Å². The molecule has 1 aliphatic heterocycles. The smallest absolute Gasteiger partial charge is 0.387 e. The van der Waals surface area contributed by atoms with Crippen LogP contribution < -0.4 is 15.2 Å². The number of carbonyl (C=O) groups excluding carboxylic acids is 1. The molecule has 0 saturated carbocycles. The normalized spacial score (nSPS) is 18.1. The highest BCUT2D eigenvalue weighted by Gasteiger charge is 2.26. The van der Waals surface area contributed by atoms with E-state index >= 15 is 0 Å². The molecule has 0 spiro atoms. The average molecular weight is 300 g/mol. The fourth-order valence-corrected chi connectivity index (χ4v) is 2.39. The van der Waals surface area contributed by atoms with Gasteiger partial charge in [-0.05, 0) is 37.1 Å². The van der Waals surface area contributed by atoms with Crippen LogP contribution in [0.5, 0.6) is 11.5 Å². The second-order valence-electron chi connectivity index (χ2n) is 4.89. The van der Waals surface area contributed by atoms with E-state index in [1.165, 1.54) is 25.3 Å². The van der Waals surface area contributed by atoms with Crippen LogP contribution in [0.3, 0.4) is 0 Å². The number of hydrogen-bond acceptors (Lipinski definition) is 4. The highest BCUT2D eigenvalue weighted by Crippen LogP contribution is 2.30. The number of ether oxygens (including phenoxy) is 2. The highest BCUT2D eigenvalue weighted by molar-refractivity contribution is 5.95. The molecule has 1 saturated heterocycles. The quantitative estimate of drug-likeness (QED) is 0.899. The lowest BCUT2D eigenvalue weighted by Gasteiger charge is -2.17. The van der Waals surface area contributed by atoms with Crippen molar-refractivity contribution in [3.63, 3.8) is 0 Å². The molecular weight excluding hydrogens is 282 g/mol. The number of nitrogens with two attached hydrogens (primary N) is 1. The van der Waals surface area contributed by atoms with Crippen molar-refractivity contribution in [3.05, 3.63) is 23.8 Å². The standard InChI is InChI=1S/C14H18F2N2O3/c1-20-11-3-2-10(6-12(11)21-14(15)16)13(19)18-5-4-9(7-17)8-18/h2-3,6,9,14H,4-5,7-8,17H2,1H3. The highest BCUT2D eigenvalue weighted by atomic mass is 19.3. The van der Waals surface area contributed by atoms with Crippen molar-refractivity contribution in [2.24, 2.45) is 11.7 Å². The predicted octanol–water partition coefficient (Wildman–Crippen LogP) is 1.72. The van der Waals surface area contributed by atoms with Gasteiger partial charge in [0.1, 0.15) is 0 Å². The van der Waals surface area contributed by atoms with Crippen molar-refractivity contribution in [1.29, 1.82) is 0 Å². The van der Waals surface area contributed by atoms with Gasteiger partial charge in [-0.1, -0.05) is 0 Å². The summed E-state index contributed by atoms with van der Waals surface area (Å²) in [7, 11) is 1.35. The number of alkyl halides is 2. The van der Waals surface area contributed by atoms with Crippen LogP contribution in [0.25, 0.3) is 0 Å². The summed E-state index contributed by atoms with van der Waals surface area (Å²) in [5.41, 5.74) is 5.89. The zero-order chi connectivity index (χ0) is 15.4. The molecule has 0 bridgehead atoms. The van der Waals surface area contributed by atoms with Gasteiger partial charge in [0, 0.05) is 18.7 Å². The molecule has 1 fully saturated rings. The van der Waals surface area contributed by atoms with E-state index in [9.17, 15) is 13.6 Å². The van der Waals surface area contributed by atoms with E-state index in [1.54, 1.807) is 4.90 Å². The number of rotatable bonds is 5. The van der Waals surface area contributed by atoms with E-state index < -0.39 is 6.61 Å². The first kappa shape index (κ1) is 15.5. The maximum absolute atomic E-state index is 12.4. The number of carbonyl (C=O) groups is 1. The number of likely N-dealkylation sites (tertiary alicyclic amines) is 1. The number of amides is 1. The van der Waals surface area contributed by atoms with Gasteiger partial charge >= 0.3 is 6.61 Å². The molecule has 116 valence electrons. The van der Waals surface area contributed by atoms with Crippen LogP contribution in [0.4, 0.5) is 8.78 Å². The third-order valence-corrected chi connectivity index (χ3v) is 3.53. The molecule has 1 heterocycles. The van der Waals surface area contributed by atoms with Gasteiger partial charge in [0.15, 0.2) is 11.5 Å². The summed E-state index contributed by atoms with van der Waals surface area (Å²) in [6.07, 6.45) is 0.860. The molecule has 0 aliphatic carbocycles. The third-order valence-electron chi connectivity index (χ3n) is 3.53. The second-order valence-corrected chi connectivity index (χ2v) is 4.89. The lowest BCUT2D eigenvalue weighted by Crippen LogP contribution is -2.29.